The number of hydrogen-bond acceptors (Lipinski definition) is 8. The molecule has 10 heteroatoms. The molecule has 4 N–H and O–H groups in total. The lowest BCUT2D eigenvalue weighted by atomic mass is 10.0. The van der Waals surface area contributed by atoms with Crippen molar-refractivity contribution in [1.29, 1.82) is 0 Å². The number of imide groups is 2. The molecular formula is C27H31N5O5. The normalized spacial score (nSPS) is 20.7. The summed E-state index contributed by atoms with van der Waals surface area (Å²) in [7, 11) is 0. The summed E-state index contributed by atoms with van der Waals surface area (Å²) in [6, 6.07) is 12.3. The summed E-state index contributed by atoms with van der Waals surface area (Å²) >= 11 is 0. The number of ether oxygens (including phenoxy) is 1. The third-order valence-corrected chi connectivity index (χ3v) is 7.12. The van der Waals surface area contributed by atoms with E-state index in [2.05, 4.69) is 27.7 Å². The van der Waals surface area contributed by atoms with Crippen molar-refractivity contribution in [2.24, 2.45) is 5.73 Å². The third-order valence-electron chi connectivity index (χ3n) is 7.12. The van der Waals surface area contributed by atoms with E-state index in [9.17, 15) is 19.2 Å². The van der Waals surface area contributed by atoms with Crippen molar-refractivity contribution in [2.45, 2.75) is 44.3 Å². The smallest absolute Gasteiger partial charge is 0.264 e. The molecule has 1 atom stereocenters. The van der Waals surface area contributed by atoms with Gasteiger partial charge in [0, 0.05) is 31.2 Å². The zero-order valence-electron chi connectivity index (χ0n) is 20.6. The monoisotopic (exact) mass is 505 g/mol. The SMILES string of the molecule is NC1CCN(Cc2ccc(OCCNc3cccc4c3C(=O)N(C3CCC(=O)NC3=O)C4=O)cc2)CC1. The summed E-state index contributed by atoms with van der Waals surface area (Å²) in [6.07, 6.45) is 2.28. The summed E-state index contributed by atoms with van der Waals surface area (Å²) in [6.45, 7) is 3.70. The highest BCUT2D eigenvalue weighted by molar-refractivity contribution is 6.25. The summed E-state index contributed by atoms with van der Waals surface area (Å²) < 4.78 is 5.85. The molecule has 3 heterocycles. The van der Waals surface area contributed by atoms with Gasteiger partial charge in [-0.25, -0.2) is 0 Å². The molecule has 4 amide bonds. The number of nitrogens with zero attached hydrogens (tertiary/aromatic N) is 2. The Kier molecular flexibility index (Phi) is 7.20. The number of nitrogens with one attached hydrogen (secondary N) is 2. The van der Waals surface area contributed by atoms with Crippen LogP contribution >= 0.6 is 0 Å². The average Bonchev–Trinajstić information content (AvgIpc) is 3.15. The molecule has 5 rings (SSSR count). The quantitative estimate of drug-likeness (QED) is 0.363. The number of fused-ring (bicyclic) bond motifs is 1. The largest absolute Gasteiger partial charge is 0.492 e. The lowest BCUT2D eigenvalue weighted by Gasteiger charge is -2.30. The predicted octanol–water partition coefficient (Wildman–Crippen LogP) is 1.50. The second kappa shape index (κ2) is 10.7. The van der Waals surface area contributed by atoms with Gasteiger partial charge < -0.3 is 15.8 Å². The Balaban J connectivity index is 1.15. The number of benzene rings is 2. The van der Waals surface area contributed by atoms with Crippen LogP contribution in [0.15, 0.2) is 42.5 Å². The van der Waals surface area contributed by atoms with E-state index in [0.29, 0.717) is 24.9 Å². The summed E-state index contributed by atoms with van der Waals surface area (Å²) in [5.74, 6) is -1.34. The fourth-order valence-electron chi connectivity index (χ4n) is 5.08. The Bertz CT molecular complexity index is 1210. The molecule has 2 aromatic rings. The molecule has 0 aliphatic carbocycles. The van der Waals surface area contributed by atoms with Gasteiger partial charge in [0.2, 0.25) is 11.8 Å². The zero-order valence-corrected chi connectivity index (χ0v) is 20.6. The van der Waals surface area contributed by atoms with E-state index in [-0.39, 0.29) is 24.0 Å². The number of anilines is 1. The molecule has 0 aromatic heterocycles. The third kappa shape index (κ3) is 5.35. The second-order valence-electron chi connectivity index (χ2n) is 9.71. The maximum atomic E-state index is 13.2. The maximum Gasteiger partial charge on any atom is 0.264 e. The average molecular weight is 506 g/mol. The predicted molar refractivity (Wildman–Crippen MR) is 136 cm³/mol. The first kappa shape index (κ1) is 24.9. The van der Waals surface area contributed by atoms with E-state index in [1.165, 1.54) is 5.56 Å². The lowest BCUT2D eigenvalue weighted by molar-refractivity contribution is -0.136. The Labute approximate surface area is 215 Å². The van der Waals surface area contributed by atoms with Crippen molar-refractivity contribution in [3.63, 3.8) is 0 Å². The molecule has 0 saturated carbocycles. The Morgan fingerprint density at radius 2 is 1.73 bits per heavy atom. The van der Waals surface area contributed by atoms with Crippen LogP contribution in [-0.2, 0) is 16.1 Å². The molecule has 2 aromatic carbocycles. The van der Waals surface area contributed by atoms with E-state index >= 15 is 0 Å². The fourth-order valence-corrected chi connectivity index (χ4v) is 5.08. The number of rotatable bonds is 8. The molecule has 0 radical (unpaired) electrons. The van der Waals surface area contributed by atoms with Crippen LogP contribution in [0.25, 0.3) is 0 Å². The molecule has 2 fully saturated rings. The van der Waals surface area contributed by atoms with Crippen LogP contribution in [-0.4, -0.2) is 71.8 Å². The van der Waals surface area contributed by atoms with E-state index in [0.717, 1.165) is 43.1 Å². The van der Waals surface area contributed by atoms with Gasteiger partial charge in [-0.15, -0.1) is 0 Å². The zero-order chi connectivity index (χ0) is 25.9. The molecule has 3 aliphatic rings. The highest BCUT2D eigenvalue weighted by atomic mass is 16.5. The van der Waals surface area contributed by atoms with Gasteiger partial charge in [-0.3, -0.25) is 34.3 Å². The van der Waals surface area contributed by atoms with Gasteiger partial charge in [0.25, 0.3) is 11.8 Å². The molecule has 10 nitrogen and oxygen atoms in total. The molecule has 0 spiro atoms. The first-order valence-electron chi connectivity index (χ1n) is 12.7. The van der Waals surface area contributed by atoms with Crippen LogP contribution in [0.5, 0.6) is 5.75 Å². The van der Waals surface area contributed by atoms with Crippen LogP contribution in [0.1, 0.15) is 52.0 Å². The first-order valence-corrected chi connectivity index (χ1v) is 12.7. The van der Waals surface area contributed by atoms with E-state index in [1.54, 1.807) is 18.2 Å². The minimum Gasteiger partial charge on any atom is -0.492 e. The van der Waals surface area contributed by atoms with Gasteiger partial charge in [-0.1, -0.05) is 18.2 Å². The number of carbonyl (C=O) groups is 4. The number of amides is 4. The van der Waals surface area contributed by atoms with Gasteiger partial charge >= 0.3 is 0 Å². The van der Waals surface area contributed by atoms with Crippen molar-refractivity contribution in [2.75, 3.05) is 31.6 Å². The Hall–Kier alpha value is -3.76. The molecular weight excluding hydrogens is 474 g/mol. The number of nitrogens with two attached hydrogens (primary N) is 1. The van der Waals surface area contributed by atoms with E-state index in [4.69, 9.17) is 10.5 Å². The molecule has 0 bridgehead atoms. The molecule has 1 unspecified atom stereocenters. The summed E-state index contributed by atoms with van der Waals surface area (Å²) in [5.41, 5.74) is 8.19. The standard InChI is InChI=1S/C27H31N5O5/c28-18-10-13-31(14-11-18)16-17-4-6-19(7-5-17)37-15-12-29-21-3-1-2-20-24(21)27(36)32(26(20)35)22-8-9-23(33)30-25(22)34/h1-7,18,22,29H,8-16,28H2,(H,30,33,34). The highest BCUT2D eigenvalue weighted by Crippen LogP contribution is 2.32. The van der Waals surface area contributed by atoms with Crippen molar-refractivity contribution < 1.29 is 23.9 Å². The van der Waals surface area contributed by atoms with Crippen molar-refractivity contribution in [3.05, 3.63) is 59.2 Å². The van der Waals surface area contributed by atoms with Gasteiger partial charge in [0.05, 0.1) is 11.1 Å². The van der Waals surface area contributed by atoms with Gasteiger partial charge in [-0.05, 0) is 62.2 Å². The second-order valence-corrected chi connectivity index (χ2v) is 9.71. The fraction of sp³-hybridized carbons (Fsp3) is 0.407. The highest BCUT2D eigenvalue weighted by Gasteiger charge is 2.45. The van der Waals surface area contributed by atoms with Crippen LogP contribution in [0.2, 0.25) is 0 Å². The lowest BCUT2D eigenvalue weighted by Crippen LogP contribution is -2.54. The van der Waals surface area contributed by atoms with Gasteiger partial charge in [0.15, 0.2) is 0 Å². The minimum absolute atomic E-state index is 0.0835. The summed E-state index contributed by atoms with van der Waals surface area (Å²) in [5, 5.41) is 5.39. The Morgan fingerprint density at radius 3 is 2.46 bits per heavy atom. The van der Waals surface area contributed by atoms with Crippen LogP contribution in [0.3, 0.4) is 0 Å². The van der Waals surface area contributed by atoms with Crippen molar-refractivity contribution >= 4 is 29.3 Å². The first-order chi connectivity index (χ1) is 17.9. The molecule has 2 saturated heterocycles. The van der Waals surface area contributed by atoms with E-state index in [1.807, 2.05) is 12.1 Å². The van der Waals surface area contributed by atoms with Crippen molar-refractivity contribution in [1.82, 2.24) is 15.1 Å². The number of piperidine rings is 2. The maximum absolute atomic E-state index is 13.2. The minimum atomic E-state index is -0.989. The van der Waals surface area contributed by atoms with Crippen LogP contribution < -0.4 is 21.1 Å². The topological polar surface area (TPSA) is 134 Å². The van der Waals surface area contributed by atoms with Crippen LogP contribution in [0, 0.1) is 0 Å². The van der Waals surface area contributed by atoms with Gasteiger partial charge in [0.1, 0.15) is 18.4 Å². The molecule has 194 valence electrons. The molecule has 37 heavy (non-hydrogen) atoms. The number of hydrogen-bond donors (Lipinski definition) is 3. The molecule has 3 aliphatic heterocycles. The summed E-state index contributed by atoms with van der Waals surface area (Å²) in [4.78, 5) is 53.2. The van der Waals surface area contributed by atoms with Crippen LogP contribution in [0.4, 0.5) is 5.69 Å². The van der Waals surface area contributed by atoms with E-state index < -0.39 is 29.7 Å². The van der Waals surface area contributed by atoms with Crippen molar-refractivity contribution in [3.8, 4) is 5.75 Å². The number of likely N-dealkylation sites (tertiary alicyclic amines) is 1. The number of carbonyl (C=O) groups excluding carboxylic acids is 4. The Morgan fingerprint density at radius 1 is 0.973 bits per heavy atom. The van der Waals surface area contributed by atoms with Gasteiger partial charge in [-0.2, -0.15) is 0 Å².